The Bertz CT molecular complexity index is 1080. The molecule has 2 fully saturated rings. The molecule has 0 bridgehead atoms. The Morgan fingerprint density at radius 1 is 1.13 bits per heavy atom. The smallest absolute Gasteiger partial charge is 0.248 e. The highest BCUT2D eigenvalue weighted by Crippen LogP contribution is 2.30. The van der Waals surface area contributed by atoms with Crippen molar-refractivity contribution in [1.29, 1.82) is 0 Å². The van der Waals surface area contributed by atoms with E-state index in [1.807, 2.05) is 4.90 Å². The van der Waals surface area contributed by atoms with Crippen LogP contribution in [0.3, 0.4) is 0 Å². The number of carbonyl (C=O) groups excluding carboxylic acids is 1. The second kappa shape index (κ2) is 8.92. The van der Waals surface area contributed by atoms with Crippen LogP contribution in [0.25, 0.3) is 12.2 Å². The molecule has 2 aromatic rings. The van der Waals surface area contributed by atoms with Crippen molar-refractivity contribution >= 4 is 28.1 Å². The molecule has 0 N–H and O–H groups in total. The van der Waals surface area contributed by atoms with E-state index in [2.05, 4.69) is 5.16 Å². The van der Waals surface area contributed by atoms with Gasteiger partial charge in [0.05, 0.1) is 0 Å². The van der Waals surface area contributed by atoms with Crippen molar-refractivity contribution in [2.75, 3.05) is 26.2 Å². The second-order valence-corrected chi connectivity index (χ2v) is 9.90. The van der Waals surface area contributed by atoms with Crippen LogP contribution in [0.2, 0.25) is 0 Å². The number of halogens is 1. The maximum absolute atomic E-state index is 13.9. The molecule has 0 atom stereocenters. The summed E-state index contributed by atoms with van der Waals surface area (Å²) in [6.07, 6.45) is 5.96. The van der Waals surface area contributed by atoms with Crippen LogP contribution in [0.1, 0.15) is 42.7 Å². The molecule has 1 amide bonds. The van der Waals surface area contributed by atoms with E-state index in [1.165, 1.54) is 22.5 Å². The van der Waals surface area contributed by atoms with E-state index in [9.17, 15) is 17.6 Å². The van der Waals surface area contributed by atoms with Crippen LogP contribution >= 0.6 is 0 Å². The highest BCUT2D eigenvalue weighted by Gasteiger charge is 2.37. The number of hydrogen-bond donors (Lipinski definition) is 0. The zero-order chi connectivity index (χ0) is 22.0. The van der Waals surface area contributed by atoms with Gasteiger partial charge in [-0.25, -0.2) is 12.8 Å². The molecule has 0 aliphatic carbocycles. The van der Waals surface area contributed by atoms with Gasteiger partial charge in [0.2, 0.25) is 15.9 Å². The van der Waals surface area contributed by atoms with E-state index in [4.69, 9.17) is 4.52 Å². The monoisotopic (exact) mass is 447 g/mol. The van der Waals surface area contributed by atoms with Crippen molar-refractivity contribution in [3.8, 4) is 0 Å². The summed E-state index contributed by atoms with van der Waals surface area (Å²) < 4.78 is 47.2. The lowest BCUT2D eigenvalue weighted by Crippen LogP contribution is -2.43. The van der Waals surface area contributed by atoms with Gasteiger partial charge in [-0.05, 0) is 50.8 Å². The Hall–Kier alpha value is -2.52. The topological polar surface area (TPSA) is 83.7 Å². The largest absolute Gasteiger partial charge is 0.355 e. The van der Waals surface area contributed by atoms with Crippen LogP contribution in [0.15, 0.2) is 33.7 Å². The van der Waals surface area contributed by atoms with Crippen molar-refractivity contribution in [2.24, 2.45) is 5.92 Å². The summed E-state index contributed by atoms with van der Waals surface area (Å²) in [5.74, 6) is -0.335. The van der Waals surface area contributed by atoms with Crippen LogP contribution in [-0.2, 0) is 14.8 Å². The van der Waals surface area contributed by atoms with Crippen LogP contribution < -0.4 is 0 Å². The van der Waals surface area contributed by atoms with Crippen LogP contribution in [-0.4, -0.2) is 54.9 Å². The minimum Gasteiger partial charge on any atom is -0.355 e. The van der Waals surface area contributed by atoms with E-state index < -0.39 is 15.8 Å². The molecule has 0 saturated carbocycles. The SMILES string of the molecule is Cc1noc(/C=C/c2ccccc2F)c1S(=O)(=O)N1CCC(C(=O)N2CCCC2)CC1. The summed E-state index contributed by atoms with van der Waals surface area (Å²) in [7, 11) is -3.86. The third-order valence-electron chi connectivity index (χ3n) is 5.97. The van der Waals surface area contributed by atoms with Crippen LogP contribution in [0, 0.1) is 18.7 Å². The fourth-order valence-corrected chi connectivity index (χ4v) is 5.96. The first-order valence-corrected chi connectivity index (χ1v) is 12.0. The Labute approximate surface area is 181 Å². The summed E-state index contributed by atoms with van der Waals surface area (Å²) in [6.45, 7) is 3.71. The Morgan fingerprint density at radius 3 is 2.48 bits per heavy atom. The van der Waals surface area contributed by atoms with Gasteiger partial charge in [0, 0.05) is 37.7 Å². The van der Waals surface area contributed by atoms with Crippen molar-refractivity contribution in [2.45, 2.75) is 37.5 Å². The molecule has 0 spiro atoms. The first-order valence-electron chi connectivity index (χ1n) is 10.6. The lowest BCUT2D eigenvalue weighted by molar-refractivity contribution is -0.135. The van der Waals surface area contributed by atoms with E-state index in [0.29, 0.717) is 18.4 Å². The molecule has 3 heterocycles. The molecule has 7 nitrogen and oxygen atoms in total. The Balaban J connectivity index is 1.50. The summed E-state index contributed by atoms with van der Waals surface area (Å²) in [5, 5.41) is 3.82. The number of sulfonamides is 1. The summed E-state index contributed by atoms with van der Waals surface area (Å²) >= 11 is 0. The van der Waals surface area contributed by atoms with Gasteiger partial charge in [0.15, 0.2) is 10.7 Å². The molecule has 2 aliphatic heterocycles. The number of benzene rings is 1. The molecule has 2 aliphatic rings. The summed E-state index contributed by atoms with van der Waals surface area (Å²) in [6, 6.07) is 6.20. The number of rotatable bonds is 5. The zero-order valence-corrected chi connectivity index (χ0v) is 18.3. The third-order valence-corrected chi connectivity index (χ3v) is 8.03. The minimum atomic E-state index is -3.86. The van der Waals surface area contributed by atoms with Gasteiger partial charge in [-0.3, -0.25) is 4.79 Å². The standard InChI is InChI=1S/C22H26FN3O4S/c1-16-21(20(30-24-16)9-8-17-6-2-3-7-19(17)23)31(28,29)26-14-10-18(11-15-26)22(27)25-12-4-5-13-25/h2-3,6-9,18H,4-5,10-15H2,1H3/b9-8+. The molecule has 166 valence electrons. The van der Waals surface area contributed by atoms with Gasteiger partial charge in [0.1, 0.15) is 11.5 Å². The zero-order valence-electron chi connectivity index (χ0n) is 17.5. The normalized spacial score (nSPS) is 18.8. The predicted molar refractivity (Wildman–Crippen MR) is 114 cm³/mol. The lowest BCUT2D eigenvalue weighted by atomic mass is 9.97. The molecular weight excluding hydrogens is 421 g/mol. The van der Waals surface area contributed by atoms with Crippen molar-refractivity contribution in [3.63, 3.8) is 0 Å². The number of aromatic nitrogens is 1. The number of piperidine rings is 1. The number of nitrogens with zero attached hydrogens (tertiary/aromatic N) is 3. The maximum Gasteiger partial charge on any atom is 0.248 e. The number of amides is 1. The quantitative estimate of drug-likeness (QED) is 0.702. The molecule has 1 aromatic heterocycles. The van der Waals surface area contributed by atoms with E-state index in [0.717, 1.165) is 25.9 Å². The molecule has 31 heavy (non-hydrogen) atoms. The van der Waals surface area contributed by atoms with Gasteiger partial charge >= 0.3 is 0 Å². The first-order chi connectivity index (χ1) is 14.9. The highest BCUT2D eigenvalue weighted by atomic mass is 32.2. The average Bonchev–Trinajstić information content (AvgIpc) is 3.43. The number of likely N-dealkylation sites (tertiary alicyclic amines) is 1. The number of carbonyl (C=O) groups is 1. The van der Waals surface area contributed by atoms with Crippen LogP contribution in [0.5, 0.6) is 0 Å². The van der Waals surface area contributed by atoms with Gasteiger partial charge in [-0.1, -0.05) is 23.4 Å². The molecule has 0 radical (unpaired) electrons. The Morgan fingerprint density at radius 2 is 1.81 bits per heavy atom. The first kappa shape index (κ1) is 21.7. The van der Waals surface area contributed by atoms with Crippen molar-refractivity contribution < 1.29 is 22.1 Å². The van der Waals surface area contributed by atoms with Gasteiger partial charge < -0.3 is 9.42 Å². The minimum absolute atomic E-state index is 0.00981. The summed E-state index contributed by atoms with van der Waals surface area (Å²) in [5.41, 5.74) is 0.574. The van der Waals surface area contributed by atoms with E-state index >= 15 is 0 Å². The lowest BCUT2D eigenvalue weighted by Gasteiger charge is -2.32. The molecule has 1 aromatic carbocycles. The summed E-state index contributed by atoms with van der Waals surface area (Å²) in [4.78, 5) is 14.5. The predicted octanol–water partition coefficient (Wildman–Crippen LogP) is 3.32. The van der Waals surface area contributed by atoms with Crippen LogP contribution in [0.4, 0.5) is 4.39 Å². The molecule has 0 unspecified atom stereocenters. The fraction of sp³-hybridized carbons (Fsp3) is 0.455. The molecule has 9 heteroatoms. The number of hydrogen-bond acceptors (Lipinski definition) is 5. The van der Waals surface area contributed by atoms with Gasteiger partial charge in [0.25, 0.3) is 0 Å². The van der Waals surface area contributed by atoms with Gasteiger partial charge in [-0.15, -0.1) is 0 Å². The van der Waals surface area contributed by atoms with E-state index in [1.54, 1.807) is 25.1 Å². The van der Waals surface area contributed by atoms with Gasteiger partial charge in [-0.2, -0.15) is 4.31 Å². The van der Waals surface area contributed by atoms with E-state index in [-0.39, 0.29) is 41.3 Å². The third kappa shape index (κ3) is 4.43. The molecule has 4 rings (SSSR count). The number of aryl methyl sites for hydroxylation is 1. The molecular formula is C22H26FN3O4S. The average molecular weight is 448 g/mol. The second-order valence-electron chi connectivity index (χ2n) is 8.03. The van der Waals surface area contributed by atoms with Crippen molar-refractivity contribution in [3.05, 3.63) is 47.1 Å². The fourth-order valence-electron chi connectivity index (χ4n) is 4.24. The van der Waals surface area contributed by atoms with Crippen molar-refractivity contribution in [1.82, 2.24) is 14.4 Å². The maximum atomic E-state index is 13.9. The Kier molecular flexibility index (Phi) is 6.24. The highest BCUT2D eigenvalue weighted by molar-refractivity contribution is 7.89. The molecule has 2 saturated heterocycles.